The molecule has 0 atom stereocenters. The smallest absolute Gasteiger partial charge is 0.163 e. The second-order valence-electron chi connectivity index (χ2n) is 4.25. The van der Waals surface area contributed by atoms with Crippen molar-refractivity contribution < 1.29 is 4.63 Å². The first-order valence-electron chi connectivity index (χ1n) is 5.78. The van der Waals surface area contributed by atoms with E-state index in [0.717, 1.165) is 16.6 Å². The van der Waals surface area contributed by atoms with Gasteiger partial charge >= 0.3 is 0 Å². The lowest BCUT2D eigenvalue weighted by Gasteiger charge is -2.04. The van der Waals surface area contributed by atoms with Crippen LogP contribution in [0, 0.1) is 0 Å². The lowest BCUT2D eigenvalue weighted by molar-refractivity contribution is 0.315. The zero-order valence-electron chi connectivity index (χ0n) is 9.82. The van der Waals surface area contributed by atoms with Gasteiger partial charge in [-0.1, -0.05) is 18.2 Å². The number of hydrogen-bond donors (Lipinski definition) is 1. The molecule has 0 radical (unpaired) electrons. The number of hydrogen-bond acceptors (Lipinski definition) is 5. The predicted molar refractivity (Wildman–Crippen MR) is 70.8 cm³/mol. The van der Waals surface area contributed by atoms with Crippen molar-refractivity contribution in [2.24, 2.45) is 0 Å². The topological polar surface area (TPSA) is 82.8 Å². The Morgan fingerprint density at radius 1 is 1.00 bits per heavy atom. The molecule has 0 saturated heterocycles. The fraction of sp³-hybridized carbons (Fsp3) is 0. The Morgan fingerprint density at radius 3 is 2.79 bits per heavy atom. The van der Waals surface area contributed by atoms with Gasteiger partial charge in [0.05, 0.1) is 23.1 Å². The van der Waals surface area contributed by atoms with Crippen molar-refractivity contribution in [3.05, 3.63) is 42.6 Å². The normalized spacial score (nSPS) is 11.4. The average molecular weight is 251 g/mol. The fourth-order valence-electron chi connectivity index (χ4n) is 2.21. The molecular weight excluding hydrogens is 242 g/mol. The summed E-state index contributed by atoms with van der Waals surface area (Å²) in [5.74, 6) is 0. The van der Waals surface area contributed by atoms with Crippen LogP contribution in [0.15, 0.2) is 47.2 Å². The van der Waals surface area contributed by atoms with Gasteiger partial charge in [0.15, 0.2) is 11.0 Å². The second kappa shape index (κ2) is 3.55. The maximum absolute atomic E-state index is 5.84. The van der Waals surface area contributed by atoms with Gasteiger partial charge in [0.25, 0.3) is 0 Å². The van der Waals surface area contributed by atoms with Crippen molar-refractivity contribution >= 4 is 27.6 Å². The van der Waals surface area contributed by atoms with Crippen LogP contribution in [0.25, 0.3) is 27.6 Å². The van der Waals surface area contributed by atoms with E-state index in [1.807, 2.05) is 36.5 Å². The van der Waals surface area contributed by atoms with Crippen molar-refractivity contribution in [3.63, 3.8) is 0 Å². The van der Waals surface area contributed by atoms with Gasteiger partial charge in [-0.3, -0.25) is 0 Å². The average Bonchev–Trinajstić information content (AvgIpc) is 3.06. The quantitative estimate of drug-likeness (QED) is 0.524. The largest absolute Gasteiger partial charge is 0.397 e. The third-order valence-electron chi connectivity index (χ3n) is 3.13. The first-order valence-corrected chi connectivity index (χ1v) is 5.78. The first-order chi connectivity index (χ1) is 9.34. The minimum absolute atomic E-state index is 0.538. The Morgan fingerprint density at radius 2 is 1.84 bits per heavy atom. The lowest BCUT2D eigenvalue weighted by atomic mass is 10.2. The van der Waals surface area contributed by atoms with Gasteiger partial charge in [0.1, 0.15) is 0 Å². The molecule has 4 rings (SSSR count). The molecule has 19 heavy (non-hydrogen) atoms. The Bertz CT molecular complexity index is 892. The summed E-state index contributed by atoms with van der Waals surface area (Å²) in [7, 11) is 0. The molecule has 92 valence electrons. The predicted octanol–water partition coefficient (Wildman–Crippen LogP) is 2.14. The summed E-state index contributed by atoms with van der Waals surface area (Å²) in [5.41, 5.74) is 9.33. The lowest BCUT2D eigenvalue weighted by Crippen LogP contribution is -1.98. The zero-order chi connectivity index (χ0) is 12.8. The van der Waals surface area contributed by atoms with E-state index in [9.17, 15) is 0 Å². The molecule has 0 bridgehead atoms. The molecule has 0 aliphatic carbocycles. The fourth-order valence-corrected chi connectivity index (χ4v) is 2.21. The molecule has 0 amide bonds. The molecule has 0 aliphatic rings. The molecule has 4 aromatic rings. The molecule has 6 nitrogen and oxygen atoms in total. The van der Waals surface area contributed by atoms with E-state index in [2.05, 4.69) is 15.4 Å². The van der Waals surface area contributed by atoms with E-state index in [1.165, 1.54) is 0 Å². The number of nitrogen functional groups attached to an aromatic ring is 1. The summed E-state index contributed by atoms with van der Waals surface area (Å²) in [6.45, 7) is 0. The maximum atomic E-state index is 5.84. The Hall–Kier alpha value is -2.89. The number of anilines is 1. The van der Waals surface area contributed by atoms with Crippen molar-refractivity contribution in [1.29, 1.82) is 0 Å². The van der Waals surface area contributed by atoms with Crippen LogP contribution in [0.4, 0.5) is 5.69 Å². The summed E-state index contributed by atoms with van der Waals surface area (Å²) < 4.78 is 6.58. The van der Waals surface area contributed by atoms with E-state index in [0.29, 0.717) is 16.7 Å². The van der Waals surface area contributed by atoms with Crippen LogP contribution in [0.3, 0.4) is 0 Å². The number of benzene rings is 2. The van der Waals surface area contributed by atoms with Gasteiger partial charge in [-0.05, 0) is 28.5 Å². The van der Waals surface area contributed by atoms with Gasteiger partial charge in [0, 0.05) is 5.39 Å². The highest BCUT2D eigenvalue weighted by molar-refractivity contribution is 5.93. The molecule has 2 N–H and O–H groups in total. The molecule has 0 unspecified atom stereocenters. The zero-order valence-corrected chi connectivity index (χ0v) is 9.82. The van der Waals surface area contributed by atoms with Crippen molar-refractivity contribution in [2.75, 3.05) is 5.73 Å². The van der Waals surface area contributed by atoms with E-state index >= 15 is 0 Å². The van der Waals surface area contributed by atoms with Gasteiger partial charge in [-0.15, -0.1) is 0 Å². The third-order valence-corrected chi connectivity index (χ3v) is 3.13. The van der Waals surface area contributed by atoms with Gasteiger partial charge in [-0.25, -0.2) is 9.31 Å². The first kappa shape index (κ1) is 10.1. The molecule has 6 heteroatoms. The number of nitrogens with two attached hydrogens (primary N) is 1. The number of aromatic nitrogens is 4. The molecule has 0 spiro atoms. The summed E-state index contributed by atoms with van der Waals surface area (Å²) >= 11 is 0. The molecular formula is C13H9N5O. The number of fused-ring (bicyclic) bond motifs is 2. The van der Waals surface area contributed by atoms with Crippen molar-refractivity contribution in [3.8, 4) is 5.69 Å². The van der Waals surface area contributed by atoms with E-state index in [1.54, 1.807) is 10.7 Å². The van der Waals surface area contributed by atoms with Crippen LogP contribution >= 0.6 is 0 Å². The molecule has 0 fully saturated rings. The van der Waals surface area contributed by atoms with Crippen LogP contribution in [0.5, 0.6) is 0 Å². The summed E-state index contributed by atoms with van der Waals surface area (Å²) in [5, 5.41) is 13.2. The summed E-state index contributed by atoms with van der Waals surface area (Å²) in [6, 6.07) is 11.6. The van der Waals surface area contributed by atoms with Crippen LogP contribution in [-0.2, 0) is 0 Å². The van der Waals surface area contributed by atoms with Crippen LogP contribution in [-0.4, -0.2) is 20.1 Å². The van der Waals surface area contributed by atoms with E-state index in [-0.39, 0.29) is 0 Å². The molecule has 0 aliphatic heterocycles. The summed E-state index contributed by atoms with van der Waals surface area (Å²) in [6.07, 6.45) is 1.81. The SMILES string of the molecule is Nc1ccc(-n2ncc3ccccc32)c2nonc12. The van der Waals surface area contributed by atoms with Gasteiger partial charge in [0.2, 0.25) is 0 Å². The maximum Gasteiger partial charge on any atom is 0.163 e. The monoisotopic (exact) mass is 251 g/mol. The van der Waals surface area contributed by atoms with E-state index in [4.69, 9.17) is 10.4 Å². The number of nitrogens with zero attached hydrogens (tertiary/aromatic N) is 4. The van der Waals surface area contributed by atoms with Crippen molar-refractivity contribution in [2.45, 2.75) is 0 Å². The van der Waals surface area contributed by atoms with Crippen LogP contribution in [0.2, 0.25) is 0 Å². The Balaban J connectivity index is 2.10. The summed E-state index contributed by atoms with van der Waals surface area (Å²) in [4.78, 5) is 0. The van der Waals surface area contributed by atoms with Gasteiger partial charge in [-0.2, -0.15) is 5.10 Å². The van der Waals surface area contributed by atoms with Crippen LogP contribution < -0.4 is 5.73 Å². The number of rotatable bonds is 1. The Kier molecular flexibility index (Phi) is 1.88. The minimum Gasteiger partial charge on any atom is -0.397 e. The standard InChI is InChI=1S/C13H9N5O/c14-9-5-6-11(13-12(9)16-19-17-13)18-10-4-2-1-3-8(10)7-15-18/h1-7H,14H2. The second-order valence-corrected chi connectivity index (χ2v) is 4.25. The third kappa shape index (κ3) is 1.33. The highest BCUT2D eigenvalue weighted by Crippen LogP contribution is 2.26. The van der Waals surface area contributed by atoms with E-state index < -0.39 is 0 Å². The van der Waals surface area contributed by atoms with Gasteiger partial charge < -0.3 is 5.73 Å². The highest BCUT2D eigenvalue weighted by atomic mass is 16.6. The molecule has 2 heterocycles. The van der Waals surface area contributed by atoms with Crippen LogP contribution in [0.1, 0.15) is 0 Å². The van der Waals surface area contributed by atoms with Crippen molar-refractivity contribution in [1.82, 2.24) is 20.1 Å². The highest BCUT2D eigenvalue weighted by Gasteiger charge is 2.13. The molecule has 0 saturated carbocycles. The minimum atomic E-state index is 0.538. The molecule has 2 aromatic carbocycles. The molecule has 2 aromatic heterocycles. The Labute approximate surface area is 107 Å². The number of para-hydroxylation sites is 1.